The van der Waals surface area contributed by atoms with Crippen LogP contribution in [-0.2, 0) is 4.79 Å². The van der Waals surface area contributed by atoms with Crippen LogP contribution in [0.25, 0.3) is 0 Å². The molecule has 0 spiro atoms. The zero-order valence-electron chi connectivity index (χ0n) is 13.1. The van der Waals surface area contributed by atoms with Gasteiger partial charge < -0.3 is 15.4 Å². The van der Waals surface area contributed by atoms with Crippen molar-refractivity contribution in [3.63, 3.8) is 0 Å². The summed E-state index contributed by atoms with van der Waals surface area (Å²) in [5.41, 5.74) is 5.85. The third kappa shape index (κ3) is 4.91. The Labute approximate surface area is 141 Å². The number of methoxy groups -OCH3 is 1. The molecule has 7 heteroatoms. The molecule has 0 aromatic heterocycles. The molecule has 1 atom stereocenters. The Morgan fingerprint density at radius 3 is 2.70 bits per heavy atom. The van der Waals surface area contributed by atoms with E-state index in [0.717, 1.165) is 12.5 Å². The quantitative estimate of drug-likeness (QED) is 0.801. The molecular weight excluding hydrogens is 323 g/mol. The van der Waals surface area contributed by atoms with Crippen LogP contribution < -0.4 is 10.5 Å². The van der Waals surface area contributed by atoms with Crippen LogP contribution in [0.15, 0.2) is 18.2 Å². The van der Waals surface area contributed by atoms with Crippen molar-refractivity contribution in [2.75, 3.05) is 26.7 Å². The number of Topliss-reactive ketones (excluding diaryl/α,β-unsaturated/α-hetero) is 1. The van der Waals surface area contributed by atoms with E-state index in [2.05, 4.69) is 0 Å². The van der Waals surface area contributed by atoms with Gasteiger partial charge >= 0.3 is 0 Å². The highest BCUT2D eigenvalue weighted by Crippen LogP contribution is 2.20. The molecular formula is C16H22ClFN2O3. The molecule has 128 valence electrons. The zero-order chi connectivity index (χ0) is 16.1. The van der Waals surface area contributed by atoms with E-state index in [1.807, 2.05) is 0 Å². The van der Waals surface area contributed by atoms with E-state index < -0.39 is 5.82 Å². The number of amides is 1. The molecule has 1 fully saturated rings. The fourth-order valence-corrected chi connectivity index (χ4v) is 2.61. The molecule has 23 heavy (non-hydrogen) atoms. The number of rotatable bonds is 6. The van der Waals surface area contributed by atoms with Gasteiger partial charge in [0.1, 0.15) is 0 Å². The van der Waals surface area contributed by atoms with Crippen LogP contribution in [0.1, 0.15) is 29.6 Å². The average molecular weight is 345 g/mol. The van der Waals surface area contributed by atoms with E-state index in [0.29, 0.717) is 25.6 Å². The van der Waals surface area contributed by atoms with E-state index in [9.17, 15) is 14.0 Å². The lowest BCUT2D eigenvalue weighted by Crippen LogP contribution is -2.30. The number of ether oxygens (including phenoxy) is 1. The smallest absolute Gasteiger partial charge is 0.223 e. The van der Waals surface area contributed by atoms with Gasteiger partial charge in [0.05, 0.1) is 7.11 Å². The molecule has 0 aliphatic carbocycles. The second-order valence-electron chi connectivity index (χ2n) is 5.50. The fraction of sp³-hybridized carbons (Fsp3) is 0.500. The second kappa shape index (κ2) is 8.84. The largest absolute Gasteiger partial charge is 0.494 e. The average Bonchev–Trinajstić information content (AvgIpc) is 3.01. The monoisotopic (exact) mass is 344 g/mol. The maximum absolute atomic E-state index is 13.6. The minimum atomic E-state index is -0.579. The molecule has 0 saturated carbocycles. The molecule has 1 aromatic rings. The van der Waals surface area contributed by atoms with Crippen molar-refractivity contribution in [2.24, 2.45) is 11.7 Å². The van der Waals surface area contributed by atoms with E-state index in [1.165, 1.54) is 19.2 Å². The molecule has 2 N–H and O–H groups in total. The minimum absolute atomic E-state index is 0. The molecule has 1 unspecified atom stereocenters. The van der Waals surface area contributed by atoms with Crippen molar-refractivity contribution in [2.45, 2.75) is 19.3 Å². The molecule has 1 saturated heterocycles. The van der Waals surface area contributed by atoms with Gasteiger partial charge in [0, 0.05) is 31.5 Å². The van der Waals surface area contributed by atoms with Crippen LogP contribution in [0.2, 0.25) is 0 Å². The highest BCUT2D eigenvalue weighted by molar-refractivity contribution is 5.98. The summed E-state index contributed by atoms with van der Waals surface area (Å²) in [5, 5.41) is 0. The number of carbonyl (C=O) groups excluding carboxylic acids is 2. The van der Waals surface area contributed by atoms with Gasteiger partial charge in [0.2, 0.25) is 5.91 Å². The maximum atomic E-state index is 13.6. The van der Waals surface area contributed by atoms with Gasteiger partial charge in [-0.2, -0.15) is 0 Å². The van der Waals surface area contributed by atoms with Crippen molar-refractivity contribution in [3.05, 3.63) is 29.6 Å². The number of benzene rings is 1. The molecule has 0 radical (unpaired) electrons. The Morgan fingerprint density at radius 2 is 2.13 bits per heavy atom. The summed E-state index contributed by atoms with van der Waals surface area (Å²) in [4.78, 5) is 25.8. The summed E-state index contributed by atoms with van der Waals surface area (Å²) in [5.74, 6) is -0.416. The standard InChI is InChI=1S/C16H21FN2O3.ClH/c1-22-15-4-2-12(8-13(15)17)14(20)3-5-16(21)19-7-6-11(9-18)10-19;/h2,4,8,11H,3,5-7,9-10,18H2,1H3;1H. The van der Waals surface area contributed by atoms with Crippen LogP contribution in [0, 0.1) is 11.7 Å². The number of ketones is 1. The minimum Gasteiger partial charge on any atom is -0.494 e. The Balaban J connectivity index is 0.00000264. The Bertz CT molecular complexity index is 568. The summed E-state index contributed by atoms with van der Waals surface area (Å²) in [6.45, 7) is 1.95. The third-order valence-corrected chi connectivity index (χ3v) is 4.01. The predicted octanol–water partition coefficient (Wildman–Crippen LogP) is 2.03. The first-order chi connectivity index (χ1) is 10.5. The SMILES string of the molecule is COc1ccc(C(=O)CCC(=O)N2CCC(CN)C2)cc1F.Cl. The number of nitrogens with two attached hydrogens (primary N) is 1. The van der Waals surface area contributed by atoms with E-state index >= 15 is 0 Å². The van der Waals surface area contributed by atoms with Gasteiger partial charge in [-0.05, 0) is 37.1 Å². The Kier molecular flexibility index (Phi) is 7.45. The summed E-state index contributed by atoms with van der Waals surface area (Å²) < 4.78 is 18.4. The van der Waals surface area contributed by atoms with Gasteiger partial charge in [-0.1, -0.05) is 0 Å². The van der Waals surface area contributed by atoms with Crippen molar-refractivity contribution in [1.82, 2.24) is 4.90 Å². The van der Waals surface area contributed by atoms with Gasteiger partial charge in [-0.25, -0.2) is 4.39 Å². The molecule has 1 aliphatic heterocycles. The highest BCUT2D eigenvalue weighted by atomic mass is 35.5. The van der Waals surface area contributed by atoms with Crippen LogP contribution in [0.5, 0.6) is 5.75 Å². The molecule has 5 nitrogen and oxygen atoms in total. The number of halogens is 2. The summed E-state index contributed by atoms with van der Waals surface area (Å²) in [6, 6.07) is 4.07. The van der Waals surface area contributed by atoms with Crippen LogP contribution >= 0.6 is 12.4 Å². The lowest BCUT2D eigenvalue weighted by molar-refractivity contribution is -0.130. The molecule has 1 amide bonds. The van der Waals surface area contributed by atoms with Gasteiger partial charge in [0.25, 0.3) is 0 Å². The predicted molar refractivity (Wildman–Crippen MR) is 87.5 cm³/mol. The van der Waals surface area contributed by atoms with Gasteiger partial charge in [-0.3, -0.25) is 9.59 Å². The molecule has 1 heterocycles. The number of carbonyl (C=O) groups is 2. The fourth-order valence-electron chi connectivity index (χ4n) is 2.61. The molecule has 0 bridgehead atoms. The first-order valence-electron chi connectivity index (χ1n) is 7.39. The molecule has 2 rings (SSSR count). The lowest BCUT2D eigenvalue weighted by atomic mass is 10.1. The van der Waals surface area contributed by atoms with Crippen LogP contribution in [0.3, 0.4) is 0 Å². The van der Waals surface area contributed by atoms with Crippen molar-refractivity contribution >= 4 is 24.1 Å². The number of likely N-dealkylation sites (tertiary alicyclic amines) is 1. The van der Waals surface area contributed by atoms with E-state index in [1.54, 1.807) is 4.90 Å². The Hall–Kier alpha value is -1.66. The van der Waals surface area contributed by atoms with E-state index in [-0.39, 0.29) is 48.3 Å². The van der Waals surface area contributed by atoms with Crippen molar-refractivity contribution in [3.8, 4) is 5.75 Å². The first-order valence-corrected chi connectivity index (χ1v) is 7.39. The van der Waals surface area contributed by atoms with E-state index in [4.69, 9.17) is 10.5 Å². The summed E-state index contributed by atoms with van der Waals surface area (Å²) in [7, 11) is 1.36. The van der Waals surface area contributed by atoms with Gasteiger partial charge in [-0.15, -0.1) is 12.4 Å². The first kappa shape index (κ1) is 19.4. The number of hydrogen-bond donors (Lipinski definition) is 1. The van der Waals surface area contributed by atoms with Crippen molar-refractivity contribution in [1.29, 1.82) is 0 Å². The highest BCUT2D eigenvalue weighted by Gasteiger charge is 2.25. The number of nitrogens with zero attached hydrogens (tertiary/aromatic N) is 1. The van der Waals surface area contributed by atoms with Crippen LogP contribution in [-0.4, -0.2) is 43.3 Å². The molecule has 1 aromatic carbocycles. The zero-order valence-corrected chi connectivity index (χ0v) is 13.9. The Morgan fingerprint density at radius 1 is 1.39 bits per heavy atom. The van der Waals surface area contributed by atoms with Crippen LogP contribution in [0.4, 0.5) is 4.39 Å². The maximum Gasteiger partial charge on any atom is 0.223 e. The molecule has 1 aliphatic rings. The summed E-state index contributed by atoms with van der Waals surface area (Å²) in [6.07, 6.45) is 1.14. The number of hydrogen-bond acceptors (Lipinski definition) is 4. The topological polar surface area (TPSA) is 72.6 Å². The summed E-state index contributed by atoms with van der Waals surface area (Å²) >= 11 is 0. The lowest BCUT2D eigenvalue weighted by Gasteiger charge is -2.16. The third-order valence-electron chi connectivity index (χ3n) is 4.01. The van der Waals surface area contributed by atoms with Crippen molar-refractivity contribution < 1.29 is 18.7 Å². The normalized spacial score (nSPS) is 16.8. The van der Waals surface area contributed by atoms with Gasteiger partial charge in [0.15, 0.2) is 17.3 Å². The second-order valence-corrected chi connectivity index (χ2v) is 5.50.